The first-order chi connectivity index (χ1) is 10.4. The van der Waals surface area contributed by atoms with Crippen LogP contribution >= 0.6 is 11.6 Å². The monoisotopic (exact) mass is 339 g/mol. The van der Waals surface area contributed by atoms with Crippen molar-refractivity contribution < 1.29 is 8.42 Å². The number of halogens is 1. The summed E-state index contributed by atoms with van der Waals surface area (Å²) in [6.45, 7) is 3.73. The fourth-order valence-electron chi connectivity index (χ4n) is 1.91. The maximum absolute atomic E-state index is 11.7. The van der Waals surface area contributed by atoms with E-state index in [2.05, 4.69) is 15.0 Å². The summed E-state index contributed by atoms with van der Waals surface area (Å²) in [4.78, 5) is 4.11. The Balaban J connectivity index is 2.11. The summed E-state index contributed by atoms with van der Waals surface area (Å²) in [5, 5.41) is 3.89. The van der Waals surface area contributed by atoms with Gasteiger partial charge in [0.2, 0.25) is 10.0 Å². The Kier molecular flexibility index (Phi) is 5.26. The molecule has 0 amide bonds. The molecule has 0 aliphatic rings. The molecule has 5 nitrogen and oxygen atoms in total. The molecule has 2 N–H and O–H groups in total. The maximum atomic E-state index is 11.7. The van der Waals surface area contributed by atoms with Gasteiger partial charge in [-0.1, -0.05) is 24.6 Å². The SMILES string of the molecule is CCCS(=O)(=O)Nc1ccc(Nc2cccc(Cl)c2C)cn1. The lowest BCUT2D eigenvalue weighted by molar-refractivity contribution is 0.599. The number of nitrogens with one attached hydrogen (secondary N) is 2. The van der Waals surface area contributed by atoms with Crippen LogP contribution in [0.3, 0.4) is 0 Å². The van der Waals surface area contributed by atoms with Gasteiger partial charge < -0.3 is 5.32 Å². The number of pyridine rings is 1. The Bertz CT molecular complexity index is 746. The first kappa shape index (κ1) is 16.6. The molecule has 0 saturated heterocycles. The van der Waals surface area contributed by atoms with Gasteiger partial charge in [-0.2, -0.15) is 0 Å². The summed E-state index contributed by atoms with van der Waals surface area (Å²) in [6, 6.07) is 8.98. The molecule has 0 fully saturated rings. The van der Waals surface area contributed by atoms with Crippen molar-refractivity contribution in [2.45, 2.75) is 20.3 Å². The number of nitrogens with zero attached hydrogens (tertiary/aromatic N) is 1. The van der Waals surface area contributed by atoms with E-state index in [0.29, 0.717) is 17.3 Å². The van der Waals surface area contributed by atoms with Crippen molar-refractivity contribution in [2.75, 3.05) is 15.8 Å². The van der Waals surface area contributed by atoms with Crippen LogP contribution in [0.15, 0.2) is 36.5 Å². The second-order valence-electron chi connectivity index (χ2n) is 4.89. The number of aromatic nitrogens is 1. The van der Waals surface area contributed by atoms with Crippen LogP contribution in [-0.2, 0) is 10.0 Å². The molecule has 1 heterocycles. The van der Waals surface area contributed by atoms with Crippen molar-refractivity contribution >= 4 is 38.8 Å². The van der Waals surface area contributed by atoms with E-state index in [0.717, 1.165) is 16.9 Å². The highest BCUT2D eigenvalue weighted by atomic mass is 35.5. The normalized spacial score (nSPS) is 11.2. The lowest BCUT2D eigenvalue weighted by Gasteiger charge is -2.11. The Morgan fingerprint density at radius 2 is 2.00 bits per heavy atom. The summed E-state index contributed by atoms with van der Waals surface area (Å²) >= 11 is 6.08. The van der Waals surface area contributed by atoms with Gasteiger partial charge in [0, 0.05) is 10.7 Å². The summed E-state index contributed by atoms with van der Waals surface area (Å²) in [7, 11) is -3.32. The Hall–Kier alpha value is -1.79. The molecular formula is C15H18ClN3O2S. The first-order valence-electron chi connectivity index (χ1n) is 6.90. The minimum Gasteiger partial charge on any atom is -0.354 e. The number of sulfonamides is 1. The Morgan fingerprint density at radius 3 is 2.64 bits per heavy atom. The fraction of sp³-hybridized carbons (Fsp3) is 0.267. The van der Waals surface area contributed by atoms with E-state index in [4.69, 9.17) is 11.6 Å². The van der Waals surface area contributed by atoms with Crippen LogP contribution in [0.1, 0.15) is 18.9 Å². The van der Waals surface area contributed by atoms with Crippen LogP contribution in [0.2, 0.25) is 5.02 Å². The lowest BCUT2D eigenvalue weighted by Crippen LogP contribution is -2.16. The Labute approximate surface area is 135 Å². The van der Waals surface area contributed by atoms with Crippen molar-refractivity contribution in [3.05, 3.63) is 47.1 Å². The summed E-state index contributed by atoms with van der Waals surface area (Å²) in [5.74, 6) is 0.387. The maximum Gasteiger partial charge on any atom is 0.233 e. The average Bonchev–Trinajstić information content (AvgIpc) is 2.45. The van der Waals surface area contributed by atoms with E-state index < -0.39 is 10.0 Å². The van der Waals surface area contributed by atoms with E-state index in [1.807, 2.05) is 32.0 Å². The molecule has 2 rings (SSSR count). The van der Waals surface area contributed by atoms with Gasteiger partial charge in [-0.3, -0.25) is 4.72 Å². The van der Waals surface area contributed by atoms with Crippen LogP contribution < -0.4 is 10.0 Å². The van der Waals surface area contributed by atoms with Gasteiger partial charge in [-0.05, 0) is 43.2 Å². The second kappa shape index (κ2) is 6.98. The van der Waals surface area contributed by atoms with Gasteiger partial charge in [0.25, 0.3) is 0 Å². The molecule has 0 aliphatic carbocycles. The van der Waals surface area contributed by atoms with Crippen LogP contribution in [0.4, 0.5) is 17.2 Å². The second-order valence-corrected chi connectivity index (χ2v) is 7.14. The average molecular weight is 340 g/mol. The van der Waals surface area contributed by atoms with Crippen molar-refractivity contribution in [3.8, 4) is 0 Å². The smallest absolute Gasteiger partial charge is 0.233 e. The molecule has 0 aliphatic heterocycles. The topological polar surface area (TPSA) is 71.1 Å². The Morgan fingerprint density at radius 1 is 1.23 bits per heavy atom. The third kappa shape index (κ3) is 4.35. The molecule has 22 heavy (non-hydrogen) atoms. The third-order valence-electron chi connectivity index (χ3n) is 3.04. The summed E-state index contributed by atoms with van der Waals surface area (Å²) in [5.41, 5.74) is 2.58. The zero-order chi connectivity index (χ0) is 16.2. The van der Waals surface area contributed by atoms with Gasteiger partial charge in [0.1, 0.15) is 5.82 Å². The van der Waals surface area contributed by atoms with Crippen LogP contribution in [0, 0.1) is 6.92 Å². The molecule has 1 aromatic carbocycles. The predicted octanol–water partition coefficient (Wildman–Crippen LogP) is 3.94. The van der Waals surface area contributed by atoms with Crippen molar-refractivity contribution in [1.29, 1.82) is 0 Å². The fourth-order valence-corrected chi connectivity index (χ4v) is 3.16. The molecule has 1 aromatic heterocycles. The molecule has 0 atom stereocenters. The van der Waals surface area contributed by atoms with E-state index >= 15 is 0 Å². The van der Waals surface area contributed by atoms with Gasteiger partial charge in [0.05, 0.1) is 17.6 Å². The zero-order valence-corrected chi connectivity index (χ0v) is 14.0. The minimum atomic E-state index is -3.32. The number of benzene rings is 1. The van der Waals surface area contributed by atoms with Crippen LogP contribution in [0.5, 0.6) is 0 Å². The van der Waals surface area contributed by atoms with Gasteiger partial charge >= 0.3 is 0 Å². The van der Waals surface area contributed by atoms with Gasteiger partial charge in [-0.25, -0.2) is 13.4 Å². The molecule has 0 unspecified atom stereocenters. The molecule has 0 spiro atoms. The first-order valence-corrected chi connectivity index (χ1v) is 8.93. The quantitative estimate of drug-likeness (QED) is 0.836. The molecule has 0 saturated carbocycles. The molecule has 0 radical (unpaired) electrons. The highest BCUT2D eigenvalue weighted by Gasteiger charge is 2.09. The minimum absolute atomic E-state index is 0.0798. The predicted molar refractivity (Wildman–Crippen MR) is 91.4 cm³/mol. The van der Waals surface area contributed by atoms with Crippen molar-refractivity contribution in [1.82, 2.24) is 4.98 Å². The molecule has 118 valence electrons. The van der Waals surface area contributed by atoms with Crippen molar-refractivity contribution in [3.63, 3.8) is 0 Å². The van der Waals surface area contributed by atoms with E-state index in [9.17, 15) is 8.42 Å². The third-order valence-corrected chi connectivity index (χ3v) is 4.92. The number of hydrogen-bond acceptors (Lipinski definition) is 4. The van der Waals surface area contributed by atoms with E-state index in [-0.39, 0.29) is 5.75 Å². The molecule has 7 heteroatoms. The lowest BCUT2D eigenvalue weighted by atomic mass is 10.2. The zero-order valence-electron chi connectivity index (χ0n) is 12.4. The molecule has 0 bridgehead atoms. The van der Waals surface area contributed by atoms with Crippen LogP contribution in [-0.4, -0.2) is 19.2 Å². The largest absolute Gasteiger partial charge is 0.354 e. The standard InChI is InChI=1S/C15H18ClN3O2S/c1-3-9-22(20,21)19-15-8-7-12(10-17-15)18-14-6-4-5-13(16)11(14)2/h4-8,10,18H,3,9H2,1-2H3,(H,17,19). The summed E-state index contributed by atoms with van der Waals surface area (Å²) in [6.07, 6.45) is 2.13. The highest BCUT2D eigenvalue weighted by Crippen LogP contribution is 2.26. The van der Waals surface area contributed by atoms with Gasteiger partial charge in [-0.15, -0.1) is 0 Å². The number of hydrogen-bond donors (Lipinski definition) is 2. The van der Waals surface area contributed by atoms with E-state index in [1.54, 1.807) is 18.3 Å². The van der Waals surface area contributed by atoms with Crippen molar-refractivity contribution in [2.24, 2.45) is 0 Å². The highest BCUT2D eigenvalue weighted by molar-refractivity contribution is 7.92. The molecule has 2 aromatic rings. The number of rotatable bonds is 6. The number of anilines is 3. The van der Waals surface area contributed by atoms with Crippen LogP contribution in [0.25, 0.3) is 0 Å². The summed E-state index contributed by atoms with van der Waals surface area (Å²) < 4.78 is 25.8. The van der Waals surface area contributed by atoms with E-state index in [1.165, 1.54) is 0 Å². The van der Waals surface area contributed by atoms with Gasteiger partial charge in [0.15, 0.2) is 0 Å². The molecular weight excluding hydrogens is 322 g/mol.